The van der Waals surface area contributed by atoms with Gasteiger partial charge in [0, 0.05) is 17.9 Å². The second-order valence-corrected chi connectivity index (χ2v) is 3.61. The maximum atomic E-state index is 12.3. The molecule has 0 N–H and O–H groups in total. The van der Waals surface area contributed by atoms with Gasteiger partial charge in [0.05, 0.1) is 0 Å². The van der Waals surface area contributed by atoms with Crippen LogP contribution < -0.4 is 0 Å². The lowest BCUT2D eigenvalue weighted by atomic mass is 10.0. The number of hydrogen-bond acceptors (Lipinski definition) is 1. The first kappa shape index (κ1) is 10.3. The van der Waals surface area contributed by atoms with E-state index in [-0.39, 0.29) is 12.6 Å². The van der Waals surface area contributed by atoms with Crippen LogP contribution in [0.15, 0.2) is 0 Å². The van der Waals surface area contributed by atoms with Gasteiger partial charge < -0.3 is 0 Å². The highest BCUT2D eigenvalue weighted by molar-refractivity contribution is 9.09. The topological polar surface area (TPSA) is 3.24 Å². The molecule has 0 bridgehead atoms. The third-order valence-electron chi connectivity index (χ3n) is 2.13. The summed E-state index contributed by atoms with van der Waals surface area (Å²) in [5.41, 5.74) is 0. The number of nitrogens with zero attached hydrogens (tertiary/aromatic N) is 1. The second kappa shape index (κ2) is 3.96. The lowest BCUT2D eigenvalue weighted by Gasteiger charge is -2.35. The monoisotopic (exact) mass is 245 g/mol. The molecule has 1 aliphatic rings. The number of piperidine rings is 1. The molecule has 0 aliphatic carbocycles. The van der Waals surface area contributed by atoms with E-state index in [0.29, 0.717) is 23.1 Å². The molecule has 1 nitrogen and oxygen atoms in total. The highest BCUT2D eigenvalue weighted by Gasteiger charge is 2.42. The van der Waals surface area contributed by atoms with Crippen molar-refractivity contribution in [3.8, 4) is 0 Å². The van der Waals surface area contributed by atoms with Crippen molar-refractivity contribution in [1.82, 2.24) is 4.90 Å². The molecule has 1 rings (SSSR count). The van der Waals surface area contributed by atoms with Crippen LogP contribution in [0.1, 0.15) is 19.3 Å². The molecule has 0 aromatic rings. The minimum absolute atomic E-state index is 0.153. The zero-order valence-corrected chi connectivity index (χ0v) is 8.16. The highest BCUT2D eigenvalue weighted by Crippen LogP contribution is 2.30. The van der Waals surface area contributed by atoms with Crippen molar-refractivity contribution in [2.45, 2.75) is 31.6 Å². The average Bonchev–Trinajstić information content (AvgIpc) is 2.03. The van der Waals surface area contributed by atoms with Crippen molar-refractivity contribution in [1.29, 1.82) is 0 Å². The van der Waals surface area contributed by atoms with E-state index in [0.717, 1.165) is 6.42 Å². The second-order valence-electron chi connectivity index (χ2n) is 2.97. The molecule has 0 spiro atoms. The molecule has 1 atom stereocenters. The van der Waals surface area contributed by atoms with Crippen LogP contribution in [0.3, 0.4) is 0 Å². The summed E-state index contributed by atoms with van der Waals surface area (Å²) < 4.78 is 36.9. The smallest absolute Gasteiger partial charge is 0.211 e. The lowest BCUT2D eigenvalue weighted by Crippen LogP contribution is -2.49. The van der Waals surface area contributed by atoms with Gasteiger partial charge >= 0.3 is 6.30 Å². The Kier molecular flexibility index (Phi) is 3.40. The van der Waals surface area contributed by atoms with Gasteiger partial charge in [-0.15, -0.1) is 0 Å². The Labute approximate surface area is 78.0 Å². The largest absolute Gasteiger partial charge is 0.460 e. The summed E-state index contributed by atoms with van der Waals surface area (Å²) in [6.07, 6.45) is -1.95. The number of halogens is 4. The van der Waals surface area contributed by atoms with E-state index in [1.54, 1.807) is 0 Å². The van der Waals surface area contributed by atoms with E-state index >= 15 is 0 Å². The van der Waals surface area contributed by atoms with E-state index in [4.69, 9.17) is 0 Å². The molecular formula is C7H11BrF3N. The number of rotatable bonds is 1. The van der Waals surface area contributed by atoms with Gasteiger partial charge in [-0.3, -0.25) is 0 Å². The molecule has 0 saturated carbocycles. The third kappa shape index (κ3) is 2.36. The van der Waals surface area contributed by atoms with E-state index in [9.17, 15) is 13.2 Å². The molecule has 1 aliphatic heterocycles. The van der Waals surface area contributed by atoms with E-state index in [1.165, 1.54) is 0 Å². The normalized spacial score (nSPS) is 27.5. The summed E-state index contributed by atoms with van der Waals surface area (Å²) in [4.78, 5) is 0.630. The van der Waals surface area contributed by atoms with Crippen LogP contribution in [-0.4, -0.2) is 29.1 Å². The Morgan fingerprint density at radius 1 is 1.33 bits per heavy atom. The first-order valence-corrected chi connectivity index (χ1v) is 5.07. The van der Waals surface area contributed by atoms with E-state index in [1.807, 2.05) is 0 Å². The molecule has 0 radical (unpaired) electrons. The maximum absolute atomic E-state index is 12.3. The van der Waals surface area contributed by atoms with Crippen LogP contribution in [0.5, 0.6) is 0 Å². The average molecular weight is 246 g/mol. The summed E-state index contributed by atoms with van der Waals surface area (Å²) in [6, 6.07) is -0.362. The van der Waals surface area contributed by atoms with Gasteiger partial charge in [-0.1, -0.05) is 22.4 Å². The van der Waals surface area contributed by atoms with Crippen LogP contribution in [0.4, 0.5) is 13.2 Å². The fraction of sp³-hybridized carbons (Fsp3) is 1.00. The zero-order chi connectivity index (χ0) is 9.19. The minimum Gasteiger partial charge on any atom is -0.211 e. The van der Waals surface area contributed by atoms with Crippen LogP contribution in [0.25, 0.3) is 0 Å². The molecule has 0 unspecified atom stereocenters. The summed E-state index contributed by atoms with van der Waals surface area (Å²) in [6.45, 7) is 0.153. The Bertz CT molecular complexity index is 148. The van der Waals surface area contributed by atoms with Crippen LogP contribution in [-0.2, 0) is 0 Å². The third-order valence-corrected chi connectivity index (χ3v) is 2.88. The van der Waals surface area contributed by atoms with Crippen molar-refractivity contribution in [3.05, 3.63) is 0 Å². The molecule has 1 heterocycles. The highest BCUT2D eigenvalue weighted by atomic mass is 79.9. The summed E-state index contributed by atoms with van der Waals surface area (Å²) in [7, 11) is 0. The summed E-state index contributed by atoms with van der Waals surface area (Å²) in [5, 5.41) is 0.409. The Hall–Kier alpha value is 0.230. The molecule has 72 valence electrons. The van der Waals surface area contributed by atoms with Crippen LogP contribution >= 0.6 is 15.9 Å². The molecule has 0 amide bonds. The van der Waals surface area contributed by atoms with Crippen LogP contribution in [0, 0.1) is 0 Å². The fourth-order valence-corrected chi connectivity index (χ4v) is 2.17. The number of likely N-dealkylation sites (tertiary alicyclic amines) is 1. The Morgan fingerprint density at radius 3 is 2.42 bits per heavy atom. The number of alkyl halides is 4. The van der Waals surface area contributed by atoms with Crippen molar-refractivity contribution in [2.24, 2.45) is 0 Å². The van der Waals surface area contributed by atoms with Gasteiger partial charge in [0.1, 0.15) is 0 Å². The molecule has 12 heavy (non-hydrogen) atoms. The minimum atomic E-state index is -4.15. The van der Waals surface area contributed by atoms with Crippen molar-refractivity contribution in [2.75, 3.05) is 11.9 Å². The van der Waals surface area contributed by atoms with Gasteiger partial charge in [-0.2, -0.15) is 13.2 Å². The Morgan fingerprint density at radius 2 is 2.00 bits per heavy atom. The quantitative estimate of drug-likeness (QED) is 0.508. The zero-order valence-electron chi connectivity index (χ0n) is 6.57. The lowest BCUT2D eigenvalue weighted by molar-refractivity contribution is -0.261. The van der Waals surface area contributed by atoms with Crippen LogP contribution in [0.2, 0.25) is 0 Å². The first-order chi connectivity index (χ1) is 5.55. The Balaban J connectivity index is 2.59. The van der Waals surface area contributed by atoms with E-state index in [2.05, 4.69) is 15.9 Å². The molecular weight excluding hydrogens is 235 g/mol. The summed E-state index contributed by atoms with van der Waals surface area (Å²) >= 11 is 3.10. The molecule has 0 aromatic carbocycles. The maximum Gasteiger partial charge on any atom is 0.460 e. The predicted molar refractivity (Wildman–Crippen MR) is 44.2 cm³/mol. The number of hydrogen-bond donors (Lipinski definition) is 0. The SMILES string of the molecule is FC(F)(F)N1CCCC[C@@H]1CBr. The van der Waals surface area contributed by atoms with Crippen molar-refractivity contribution >= 4 is 15.9 Å². The van der Waals surface area contributed by atoms with Gasteiger partial charge in [0.2, 0.25) is 0 Å². The van der Waals surface area contributed by atoms with Gasteiger partial charge in [0.15, 0.2) is 0 Å². The van der Waals surface area contributed by atoms with Gasteiger partial charge in [-0.05, 0) is 12.8 Å². The van der Waals surface area contributed by atoms with E-state index < -0.39 is 6.30 Å². The van der Waals surface area contributed by atoms with Gasteiger partial charge in [0.25, 0.3) is 0 Å². The van der Waals surface area contributed by atoms with Crippen molar-refractivity contribution < 1.29 is 13.2 Å². The molecule has 0 aromatic heterocycles. The molecule has 1 saturated heterocycles. The fourth-order valence-electron chi connectivity index (χ4n) is 1.49. The van der Waals surface area contributed by atoms with Gasteiger partial charge in [-0.25, -0.2) is 4.90 Å². The predicted octanol–water partition coefficient (Wildman–Crippen LogP) is 2.76. The molecule has 5 heteroatoms. The molecule has 1 fully saturated rings. The standard InChI is InChI=1S/C7H11BrF3N/c8-5-6-3-1-2-4-12(6)7(9,10)11/h6H,1-5H2/t6-/m1/s1. The first-order valence-electron chi connectivity index (χ1n) is 3.95. The van der Waals surface area contributed by atoms with Crippen molar-refractivity contribution in [3.63, 3.8) is 0 Å². The summed E-state index contributed by atoms with van der Waals surface area (Å²) in [5.74, 6) is 0.